The summed E-state index contributed by atoms with van der Waals surface area (Å²) >= 11 is 0. The van der Waals surface area contributed by atoms with Crippen LogP contribution >= 0.6 is 0 Å². The molecule has 1 aliphatic rings. The van der Waals surface area contributed by atoms with Crippen molar-refractivity contribution in [3.05, 3.63) is 0 Å². The molecular weight excluding hydrogens is 278 g/mol. The molecule has 1 saturated heterocycles. The molecule has 1 heterocycles. The highest BCUT2D eigenvalue weighted by molar-refractivity contribution is 7.88. The van der Waals surface area contributed by atoms with Crippen molar-refractivity contribution in [1.82, 2.24) is 14.9 Å². The molecule has 118 valence electrons. The van der Waals surface area contributed by atoms with Crippen LogP contribution in [0, 0.1) is 0 Å². The minimum Gasteiger partial charge on any atom is -0.339 e. The second-order valence-corrected chi connectivity index (χ2v) is 7.92. The van der Waals surface area contributed by atoms with E-state index in [0.717, 1.165) is 32.1 Å². The third-order valence-corrected chi connectivity index (χ3v) is 4.14. The van der Waals surface area contributed by atoms with Gasteiger partial charge in [0, 0.05) is 18.6 Å². The zero-order valence-electron chi connectivity index (χ0n) is 12.9. The summed E-state index contributed by atoms with van der Waals surface area (Å²) < 4.78 is 25.3. The molecule has 1 unspecified atom stereocenters. The van der Waals surface area contributed by atoms with Gasteiger partial charge in [-0.15, -0.1) is 0 Å². The first kappa shape index (κ1) is 17.4. The van der Waals surface area contributed by atoms with Crippen molar-refractivity contribution in [2.45, 2.75) is 51.6 Å². The third-order valence-electron chi connectivity index (χ3n) is 3.22. The fourth-order valence-electron chi connectivity index (χ4n) is 2.62. The number of piperidine rings is 1. The number of likely N-dealkylation sites (tertiary alicyclic amines) is 1. The van der Waals surface area contributed by atoms with Crippen LogP contribution < -0.4 is 10.0 Å². The molecule has 20 heavy (non-hydrogen) atoms. The Balaban J connectivity index is 2.64. The summed E-state index contributed by atoms with van der Waals surface area (Å²) in [5, 5.41) is 3.26. The maximum atomic E-state index is 12.4. The van der Waals surface area contributed by atoms with E-state index in [1.54, 1.807) is 18.7 Å². The predicted molar refractivity (Wildman–Crippen MR) is 80.0 cm³/mol. The van der Waals surface area contributed by atoms with Crippen molar-refractivity contribution in [2.24, 2.45) is 0 Å². The quantitative estimate of drug-likeness (QED) is 0.709. The molecule has 1 atom stereocenters. The average molecular weight is 305 g/mol. The normalized spacial score (nSPS) is 21.3. The van der Waals surface area contributed by atoms with E-state index in [9.17, 15) is 13.2 Å². The molecule has 0 saturated carbocycles. The van der Waals surface area contributed by atoms with Crippen molar-refractivity contribution in [2.75, 3.05) is 25.9 Å². The molecule has 0 aromatic carbocycles. The highest BCUT2D eigenvalue weighted by Crippen LogP contribution is 2.16. The first-order chi connectivity index (χ1) is 9.14. The largest absolute Gasteiger partial charge is 0.339 e. The molecular formula is C13H27N3O3S. The highest BCUT2D eigenvalue weighted by Gasteiger charge is 2.33. The second-order valence-electron chi connectivity index (χ2n) is 6.17. The summed E-state index contributed by atoms with van der Waals surface area (Å²) in [6, 6.07) is -0.127. The van der Waals surface area contributed by atoms with E-state index in [-0.39, 0.29) is 11.9 Å². The Morgan fingerprint density at radius 2 is 2.05 bits per heavy atom. The molecule has 1 amide bonds. The van der Waals surface area contributed by atoms with Gasteiger partial charge in [-0.25, -0.2) is 13.1 Å². The highest BCUT2D eigenvalue weighted by atomic mass is 32.2. The molecule has 2 N–H and O–H groups in total. The van der Waals surface area contributed by atoms with Crippen molar-refractivity contribution >= 4 is 15.9 Å². The Bertz CT molecular complexity index is 434. The maximum Gasteiger partial charge on any atom is 0.239 e. The van der Waals surface area contributed by atoms with E-state index in [2.05, 4.69) is 17.0 Å². The van der Waals surface area contributed by atoms with E-state index >= 15 is 0 Å². The number of nitrogens with one attached hydrogen (secondary N) is 2. The van der Waals surface area contributed by atoms with Crippen LogP contribution in [0.15, 0.2) is 0 Å². The lowest BCUT2D eigenvalue weighted by atomic mass is 10.0. The van der Waals surface area contributed by atoms with Crippen molar-refractivity contribution in [3.8, 4) is 0 Å². The summed E-state index contributed by atoms with van der Waals surface area (Å²) in [4.78, 5) is 14.1. The fourth-order valence-corrected chi connectivity index (χ4v) is 3.68. The smallest absolute Gasteiger partial charge is 0.239 e. The van der Waals surface area contributed by atoms with Gasteiger partial charge in [0.05, 0.1) is 12.3 Å². The Morgan fingerprint density at radius 3 is 2.60 bits per heavy atom. The topological polar surface area (TPSA) is 78.5 Å². The van der Waals surface area contributed by atoms with Crippen LogP contribution in [0.5, 0.6) is 0 Å². The molecule has 6 nitrogen and oxygen atoms in total. The van der Waals surface area contributed by atoms with Crippen LogP contribution in [-0.2, 0) is 14.8 Å². The lowest BCUT2D eigenvalue weighted by Crippen LogP contribution is -2.57. The summed E-state index contributed by atoms with van der Waals surface area (Å²) in [5.74, 6) is 0.0769. The number of sulfonamides is 1. The zero-order valence-corrected chi connectivity index (χ0v) is 13.7. The Hall–Kier alpha value is -0.660. The number of rotatable bonds is 7. The fraction of sp³-hybridized carbons (Fsp3) is 0.923. The van der Waals surface area contributed by atoms with E-state index in [0.29, 0.717) is 13.1 Å². The van der Waals surface area contributed by atoms with Gasteiger partial charge in [0.25, 0.3) is 0 Å². The molecule has 0 aliphatic carbocycles. The summed E-state index contributed by atoms with van der Waals surface area (Å²) in [6.45, 7) is 7.57. The molecule has 0 aromatic heterocycles. The van der Waals surface area contributed by atoms with Crippen molar-refractivity contribution in [1.29, 1.82) is 0 Å². The minimum absolute atomic E-state index is 0.0769. The number of carbonyl (C=O) groups excluding carboxylic acids is 1. The molecule has 0 spiro atoms. The number of amides is 1. The third kappa shape index (κ3) is 5.76. The Morgan fingerprint density at radius 1 is 1.40 bits per heavy atom. The van der Waals surface area contributed by atoms with Crippen molar-refractivity contribution < 1.29 is 13.2 Å². The Labute approximate surface area is 122 Å². The minimum atomic E-state index is -3.28. The van der Waals surface area contributed by atoms with Crippen LogP contribution in [0.1, 0.15) is 40.0 Å². The Kier molecular flexibility index (Phi) is 5.97. The molecule has 0 bridgehead atoms. The van der Waals surface area contributed by atoms with E-state index in [1.165, 1.54) is 0 Å². The molecule has 1 fully saturated rings. The summed E-state index contributed by atoms with van der Waals surface area (Å²) in [6.07, 6.45) is 3.93. The standard InChI is InChI=1S/C13H27N3O3S/c1-5-8-14-11-7-6-9-16(12(11)17)10-13(2,3)15-20(4,18)19/h11,14-15H,5-10H2,1-4H3. The van der Waals surface area contributed by atoms with E-state index in [4.69, 9.17) is 0 Å². The summed E-state index contributed by atoms with van der Waals surface area (Å²) in [5.41, 5.74) is -0.657. The maximum absolute atomic E-state index is 12.4. The number of carbonyl (C=O) groups is 1. The lowest BCUT2D eigenvalue weighted by molar-refractivity contribution is -0.136. The van der Waals surface area contributed by atoms with Crippen LogP contribution in [-0.4, -0.2) is 56.7 Å². The predicted octanol–water partition coefficient (Wildman–Crippen LogP) is 0.305. The van der Waals surface area contributed by atoms with Gasteiger partial charge < -0.3 is 10.2 Å². The van der Waals surface area contributed by atoms with Gasteiger partial charge in [0.2, 0.25) is 15.9 Å². The van der Waals surface area contributed by atoms with Crippen LogP contribution in [0.2, 0.25) is 0 Å². The van der Waals surface area contributed by atoms with Gasteiger partial charge >= 0.3 is 0 Å². The molecule has 0 radical (unpaired) electrons. The number of hydrogen-bond acceptors (Lipinski definition) is 4. The zero-order chi connectivity index (χ0) is 15.4. The molecule has 1 rings (SSSR count). The first-order valence-electron chi connectivity index (χ1n) is 7.16. The SMILES string of the molecule is CCCNC1CCCN(CC(C)(C)NS(C)(=O)=O)C1=O. The van der Waals surface area contributed by atoms with E-state index in [1.807, 2.05) is 0 Å². The van der Waals surface area contributed by atoms with Gasteiger partial charge in [-0.2, -0.15) is 0 Å². The van der Waals surface area contributed by atoms with Gasteiger partial charge in [0.15, 0.2) is 0 Å². The monoisotopic (exact) mass is 305 g/mol. The lowest BCUT2D eigenvalue weighted by Gasteiger charge is -2.38. The number of hydrogen-bond donors (Lipinski definition) is 2. The van der Waals surface area contributed by atoms with Crippen LogP contribution in [0.3, 0.4) is 0 Å². The second kappa shape index (κ2) is 6.87. The molecule has 0 aromatic rings. The van der Waals surface area contributed by atoms with Gasteiger partial charge in [-0.1, -0.05) is 6.92 Å². The van der Waals surface area contributed by atoms with E-state index < -0.39 is 15.6 Å². The van der Waals surface area contributed by atoms with Crippen LogP contribution in [0.25, 0.3) is 0 Å². The van der Waals surface area contributed by atoms with Crippen molar-refractivity contribution in [3.63, 3.8) is 0 Å². The average Bonchev–Trinajstić information content (AvgIpc) is 2.27. The summed E-state index contributed by atoms with van der Waals surface area (Å²) in [7, 11) is -3.28. The van der Waals surface area contributed by atoms with Gasteiger partial charge in [-0.05, 0) is 39.7 Å². The molecule has 7 heteroatoms. The van der Waals surface area contributed by atoms with Gasteiger partial charge in [0.1, 0.15) is 0 Å². The molecule has 1 aliphatic heterocycles. The van der Waals surface area contributed by atoms with Crippen LogP contribution in [0.4, 0.5) is 0 Å². The van der Waals surface area contributed by atoms with Gasteiger partial charge in [-0.3, -0.25) is 4.79 Å². The number of nitrogens with zero attached hydrogens (tertiary/aromatic N) is 1. The first-order valence-corrected chi connectivity index (χ1v) is 9.05.